The van der Waals surface area contributed by atoms with E-state index in [4.69, 9.17) is 11.6 Å². The number of hydrogen-bond donors (Lipinski definition) is 0. The van der Waals surface area contributed by atoms with Gasteiger partial charge in [0.05, 0.1) is 4.88 Å². The van der Waals surface area contributed by atoms with Crippen molar-refractivity contribution >= 4 is 28.7 Å². The Balaban J connectivity index is 2.27. The summed E-state index contributed by atoms with van der Waals surface area (Å²) in [4.78, 5) is 9.63. The zero-order valence-corrected chi connectivity index (χ0v) is 9.96. The fourth-order valence-electron chi connectivity index (χ4n) is 1.45. The van der Waals surface area contributed by atoms with Crippen molar-refractivity contribution in [2.75, 3.05) is 0 Å². The molecule has 0 aliphatic carbocycles. The number of hydrogen-bond acceptors (Lipinski definition) is 4. The van der Waals surface area contributed by atoms with Crippen LogP contribution in [-0.4, -0.2) is 19.6 Å². The van der Waals surface area contributed by atoms with Gasteiger partial charge >= 0.3 is 0 Å². The molecule has 0 aliphatic heterocycles. The molecule has 6 heteroatoms. The van der Waals surface area contributed by atoms with Gasteiger partial charge in [-0.1, -0.05) is 17.7 Å². The van der Waals surface area contributed by atoms with E-state index in [2.05, 4.69) is 15.1 Å². The van der Waals surface area contributed by atoms with Crippen LogP contribution in [0.3, 0.4) is 0 Å². The maximum Gasteiger partial charge on any atom is 0.254 e. The Morgan fingerprint density at radius 1 is 1.38 bits per heavy atom. The van der Waals surface area contributed by atoms with E-state index in [1.165, 1.54) is 0 Å². The molecule has 0 unspecified atom stereocenters. The van der Waals surface area contributed by atoms with Crippen LogP contribution in [0.25, 0.3) is 16.5 Å². The van der Waals surface area contributed by atoms with Gasteiger partial charge in [0.25, 0.3) is 5.78 Å². The largest absolute Gasteiger partial charge is 0.254 e. The average Bonchev–Trinajstić information content (AvgIpc) is 2.82. The highest BCUT2D eigenvalue weighted by molar-refractivity contribution is 7.13. The van der Waals surface area contributed by atoms with Crippen LogP contribution in [-0.2, 0) is 0 Å². The van der Waals surface area contributed by atoms with E-state index in [-0.39, 0.29) is 0 Å². The number of aryl methyl sites for hydroxylation is 1. The number of halogens is 1. The van der Waals surface area contributed by atoms with Crippen molar-refractivity contribution in [1.82, 2.24) is 19.6 Å². The van der Waals surface area contributed by atoms with Crippen LogP contribution in [0, 0.1) is 6.92 Å². The van der Waals surface area contributed by atoms with Gasteiger partial charge in [0.1, 0.15) is 5.15 Å². The van der Waals surface area contributed by atoms with Gasteiger partial charge < -0.3 is 0 Å². The number of rotatable bonds is 1. The molecule has 0 aliphatic rings. The molecule has 4 nitrogen and oxygen atoms in total. The summed E-state index contributed by atoms with van der Waals surface area (Å²) in [5.41, 5.74) is 0.836. The zero-order valence-electron chi connectivity index (χ0n) is 8.38. The van der Waals surface area contributed by atoms with Crippen molar-refractivity contribution < 1.29 is 0 Å². The Morgan fingerprint density at radius 2 is 2.25 bits per heavy atom. The molecule has 0 atom stereocenters. The third kappa shape index (κ3) is 1.48. The molecule has 0 spiro atoms. The summed E-state index contributed by atoms with van der Waals surface area (Å²) < 4.78 is 1.55. The van der Waals surface area contributed by atoms with Gasteiger partial charge in [0, 0.05) is 5.69 Å². The smallest absolute Gasteiger partial charge is 0.216 e. The summed E-state index contributed by atoms with van der Waals surface area (Å²) in [6.07, 6.45) is 0. The maximum atomic E-state index is 6.06. The van der Waals surface area contributed by atoms with E-state index in [0.29, 0.717) is 16.8 Å². The first-order valence-corrected chi connectivity index (χ1v) is 5.93. The highest BCUT2D eigenvalue weighted by Gasteiger charge is 2.10. The molecule has 0 fully saturated rings. The van der Waals surface area contributed by atoms with E-state index in [1.807, 2.05) is 24.4 Å². The van der Waals surface area contributed by atoms with Gasteiger partial charge in [-0.25, -0.2) is 4.98 Å². The quantitative estimate of drug-likeness (QED) is 0.624. The van der Waals surface area contributed by atoms with Gasteiger partial charge in [-0.15, -0.1) is 16.4 Å². The molecule has 0 aromatic carbocycles. The molecule has 0 N–H and O–H groups in total. The monoisotopic (exact) mass is 250 g/mol. The van der Waals surface area contributed by atoms with E-state index in [0.717, 1.165) is 10.6 Å². The molecule has 0 bridgehead atoms. The van der Waals surface area contributed by atoms with Crippen LogP contribution in [0.15, 0.2) is 23.6 Å². The molecule has 3 aromatic rings. The summed E-state index contributed by atoms with van der Waals surface area (Å²) in [6.45, 7) is 1.88. The Bertz CT molecular complexity index is 644. The lowest BCUT2D eigenvalue weighted by Crippen LogP contribution is -1.94. The second kappa shape index (κ2) is 3.54. The van der Waals surface area contributed by atoms with Crippen LogP contribution < -0.4 is 0 Å². The average molecular weight is 251 g/mol. The third-order valence-corrected chi connectivity index (χ3v) is 3.27. The van der Waals surface area contributed by atoms with Crippen LogP contribution in [0.1, 0.15) is 5.69 Å². The van der Waals surface area contributed by atoms with Crippen LogP contribution in [0.4, 0.5) is 0 Å². The van der Waals surface area contributed by atoms with Crippen LogP contribution in [0.5, 0.6) is 0 Å². The topological polar surface area (TPSA) is 43.1 Å². The lowest BCUT2D eigenvalue weighted by atomic mass is 10.4. The minimum atomic E-state index is 0.526. The van der Waals surface area contributed by atoms with Crippen molar-refractivity contribution in [2.45, 2.75) is 6.92 Å². The molecule has 3 rings (SSSR count). The molecular weight excluding hydrogens is 244 g/mol. The first-order chi connectivity index (χ1) is 7.74. The molecule has 3 aromatic heterocycles. The number of thiophene rings is 1. The van der Waals surface area contributed by atoms with Crippen LogP contribution >= 0.6 is 22.9 Å². The van der Waals surface area contributed by atoms with Crippen LogP contribution in [0.2, 0.25) is 5.15 Å². The fraction of sp³-hybridized carbons (Fsp3) is 0.100. The van der Waals surface area contributed by atoms with E-state index in [1.54, 1.807) is 21.9 Å². The maximum absolute atomic E-state index is 6.06. The molecule has 80 valence electrons. The van der Waals surface area contributed by atoms with E-state index >= 15 is 0 Å². The Hall–Kier alpha value is -1.46. The molecule has 16 heavy (non-hydrogen) atoms. The second-order valence-corrected chi connectivity index (χ2v) is 4.68. The highest BCUT2D eigenvalue weighted by atomic mass is 35.5. The zero-order chi connectivity index (χ0) is 11.1. The van der Waals surface area contributed by atoms with Crippen molar-refractivity contribution in [3.05, 3.63) is 34.4 Å². The lowest BCUT2D eigenvalue weighted by molar-refractivity contribution is 0.933. The predicted molar refractivity (Wildman–Crippen MR) is 63.8 cm³/mol. The number of aromatic nitrogens is 4. The van der Waals surface area contributed by atoms with E-state index in [9.17, 15) is 0 Å². The molecule has 3 heterocycles. The Kier molecular flexibility index (Phi) is 2.15. The minimum Gasteiger partial charge on any atom is -0.216 e. The summed E-state index contributed by atoms with van der Waals surface area (Å²) in [6, 6.07) is 5.70. The van der Waals surface area contributed by atoms with Crippen molar-refractivity contribution in [2.24, 2.45) is 0 Å². The Labute approximate surface area is 101 Å². The van der Waals surface area contributed by atoms with Gasteiger partial charge in [0.2, 0.25) is 0 Å². The standard InChI is InChI=1S/C10H7ClN4S/c1-6-5-8(11)15-10(12-6)13-9(14-15)7-3-2-4-16-7/h2-5H,1H3. The van der Waals surface area contributed by atoms with Crippen molar-refractivity contribution in [3.63, 3.8) is 0 Å². The first-order valence-electron chi connectivity index (χ1n) is 4.68. The summed E-state index contributed by atoms with van der Waals surface area (Å²) in [5.74, 6) is 1.20. The van der Waals surface area contributed by atoms with Crippen molar-refractivity contribution in [3.8, 4) is 10.7 Å². The predicted octanol–water partition coefficient (Wildman–Crippen LogP) is 2.81. The van der Waals surface area contributed by atoms with Gasteiger partial charge in [-0.05, 0) is 24.4 Å². The second-order valence-electron chi connectivity index (χ2n) is 3.34. The SMILES string of the molecule is Cc1cc(Cl)n2nc(-c3cccs3)nc2n1. The molecule has 0 saturated carbocycles. The number of nitrogens with zero attached hydrogens (tertiary/aromatic N) is 4. The summed E-state index contributed by atoms with van der Waals surface area (Å²) >= 11 is 7.65. The minimum absolute atomic E-state index is 0.526. The van der Waals surface area contributed by atoms with Gasteiger partial charge in [0.15, 0.2) is 5.82 Å². The summed E-state index contributed by atoms with van der Waals surface area (Å²) in [7, 11) is 0. The molecule has 0 radical (unpaired) electrons. The van der Waals surface area contributed by atoms with Crippen molar-refractivity contribution in [1.29, 1.82) is 0 Å². The van der Waals surface area contributed by atoms with E-state index < -0.39 is 0 Å². The molecular formula is C10H7ClN4S. The third-order valence-electron chi connectivity index (χ3n) is 2.14. The highest BCUT2D eigenvalue weighted by Crippen LogP contribution is 2.22. The summed E-state index contributed by atoms with van der Waals surface area (Å²) in [5, 5.41) is 6.83. The first kappa shape index (κ1) is 9.74. The Morgan fingerprint density at radius 3 is 3.00 bits per heavy atom. The number of fused-ring (bicyclic) bond motifs is 1. The van der Waals surface area contributed by atoms with Gasteiger partial charge in [-0.2, -0.15) is 9.50 Å². The molecule has 0 saturated heterocycles. The van der Waals surface area contributed by atoms with Gasteiger partial charge in [-0.3, -0.25) is 0 Å². The fourth-order valence-corrected chi connectivity index (χ4v) is 2.38. The molecule has 0 amide bonds. The lowest BCUT2D eigenvalue weighted by Gasteiger charge is -1.95. The normalized spacial score (nSPS) is 11.1.